The molecule has 0 radical (unpaired) electrons. The molecule has 0 nitrogen and oxygen atoms in total. The van der Waals surface area contributed by atoms with Gasteiger partial charge in [-0.3, -0.25) is 0 Å². The Morgan fingerprint density at radius 2 is 1.73 bits per heavy atom. The minimum Gasteiger partial charge on any atom is -0.0654 e. The van der Waals surface area contributed by atoms with Crippen molar-refractivity contribution in [3.63, 3.8) is 0 Å². The highest BCUT2D eigenvalue weighted by Gasteiger charge is 2.10. The van der Waals surface area contributed by atoms with Gasteiger partial charge in [0.15, 0.2) is 0 Å². The molecule has 0 saturated carbocycles. The maximum absolute atomic E-state index is 3.56. The topological polar surface area (TPSA) is 0 Å². The molecule has 0 aliphatic heterocycles. The number of benzene rings is 1. The smallest absolute Gasteiger partial charge is 0.0204 e. The summed E-state index contributed by atoms with van der Waals surface area (Å²) in [6.45, 7) is 6.71. The molecule has 1 aromatic rings. The zero-order chi connectivity index (χ0) is 11.3. The molecule has 0 aromatic heterocycles. The molecule has 0 aliphatic rings. The number of hydrogen-bond donors (Lipinski definition) is 0. The fourth-order valence-corrected chi connectivity index (χ4v) is 2.34. The molecule has 0 heterocycles. The normalized spacial score (nSPS) is 11.0. The van der Waals surface area contributed by atoms with Gasteiger partial charge < -0.3 is 0 Å². The van der Waals surface area contributed by atoms with Crippen molar-refractivity contribution in [3.05, 3.63) is 33.8 Å². The van der Waals surface area contributed by atoms with Crippen molar-refractivity contribution < 1.29 is 0 Å². The molecule has 1 heteroatoms. The van der Waals surface area contributed by atoms with Crippen molar-refractivity contribution in [3.8, 4) is 0 Å². The first kappa shape index (κ1) is 12.8. The SMILES string of the molecule is CCCC(CCC)c1ccc(Br)c(C)c1. The van der Waals surface area contributed by atoms with Gasteiger partial charge in [-0.2, -0.15) is 0 Å². The summed E-state index contributed by atoms with van der Waals surface area (Å²) in [6.07, 6.45) is 5.18. The molecule has 15 heavy (non-hydrogen) atoms. The molecule has 0 spiro atoms. The van der Waals surface area contributed by atoms with Gasteiger partial charge in [-0.05, 0) is 42.9 Å². The van der Waals surface area contributed by atoms with Crippen LogP contribution in [-0.2, 0) is 0 Å². The van der Waals surface area contributed by atoms with Gasteiger partial charge in [-0.1, -0.05) is 54.8 Å². The molecule has 0 aliphatic carbocycles. The Hall–Kier alpha value is -0.300. The lowest BCUT2D eigenvalue weighted by Crippen LogP contribution is -1.98. The lowest BCUT2D eigenvalue weighted by atomic mass is 9.90. The van der Waals surface area contributed by atoms with Gasteiger partial charge in [-0.15, -0.1) is 0 Å². The molecule has 0 unspecified atom stereocenters. The summed E-state index contributed by atoms with van der Waals surface area (Å²) in [5.41, 5.74) is 2.86. The molecular formula is C14H21Br. The van der Waals surface area contributed by atoms with E-state index >= 15 is 0 Å². The van der Waals surface area contributed by atoms with Crippen LogP contribution in [0.5, 0.6) is 0 Å². The molecular weight excluding hydrogens is 248 g/mol. The summed E-state index contributed by atoms with van der Waals surface area (Å²) in [6, 6.07) is 6.79. The van der Waals surface area contributed by atoms with Gasteiger partial charge >= 0.3 is 0 Å². The van der Waals surface area contributed by atoms with Crippen LogP contribution in [0.2, 0.25) is 0 Å². The standard InChI is InChI=1S/C14H21Br/c1-4-6-12(7-5-2)13-8-9-14(15)11(3)10-13/h8-10,12H,4-7H2,1-3H3. The summed E-state index contributed by atoms with van der Waals surface area (Å²) < 4.78 is 1.22. The number of halogens is 1. The second-order valence-corrected chi connectivity index (χ2v) is 5.14. The van der Waals surface area contributed by atoms with Crippen LogP contribution in [0.15, 0.2) is 22.7 Å². The van der Waals surface area contributed by atoms with Crippen LogP contribution in [0.4, 0.5) is 0 Å². The summed E-state index contributed by atoms with van der Waals surface area (Å²) >= 11 is 3.56. The Balaban J connectivity index is 2.85. The Morgan fingerprint density at radius 1 is 1.13 bits per heavy atom. The predicted octanol–water partition coefficient (Wildman–Crippen LogP) is 5.44. The van der Waals surface area contributed by atoms with E-state index in [9.17, 15) is 0 Å². The summed E-state index contributed by atoms with van der Waals surface area (Å²) in [5, 5.41) is 0. The molecule has 0 amide bonds. The van der Waals surface area contributed by atoms with Gasteiger partial charge in [-0.25, -0.2) is 0 Å². The average Bonchev–Trinajstić information content (AvgIpc) is 2.22. The van der Waals surface area contributed by atoms with E-state index in [2.05, 4.69) is 54.9 Å². The highest BCUT2D eigenvalue weighted by molar-refractivity contribution is 9.10. The van der Waals surface area contributed by atoms with E-state index in [1.165, 1.54) is 41.3 Å². The van der Waals surface area contributed by atoms with Gasteiger partial charge in [0.05, 0.1) is 0 Å². The highest BCUT2D eigenvalue weighted by Crippen LogP contribution is 2.29. The van der Waals surface area contributed by atoms with Crippen LogP contribution in [0.25, 0.3) is 0 Å². The summed E-state index contributed by atoms with van der Waals surface area (Å²) in [7, 11) is 0. The van der Waals surface area contributed by atoms with Gasteiger partial charge in [0.25, 0.3) is 0 Å². The minimum atomic E-state index is 0.756. The maximum atomic E-state index is 3.56. The number of hydrogen-bond acceptors (Lipinski definition) is 0. The van der Waals surface area contributed by atoms with Crippen molar-refractivity contribution in [1.82, 2.24) is 0 Å². The van der Waals surface area contributed by atoms with Crippen LogP contribution in [0, 0.1) is 6.92 Å². The Bertz CT molecular complexity index is 298. The second-order valence-electron chi connectivity index (χ2n) is 4.28. The Labute approximate surface area is 102 Å². The molecule has 0 N–H and O–H groups in total. The average molecular weight is 269 g/mol. The molecule has 0 atom stereocenters. The molecule has 0 bridgehead atoms. The quantitative estimate of drug-likeness (QED) is 0.667. The Kier molecular flexibility index (Phi) is 5.38. The maximum Gasteiger partial charge on any atom is 0.0204 e. The van der Waals surface area contributed by atoms with Crippen LogP contribution in [0.3, 0.4) is 0 Å². The summed E-state index contributed by atoms with van der Waals surface area (Å²) in [5.74, 6) is 0.756. The minimum absolute atomic E-state index is 0.756. The highest BCUT2D eigenvalue weighted by atomic mass is 79.9. The molecule has 0 fully saturated rings. The van der Waals surface area contributed by atoms with Gasteiger partial charge in [0, 0.05) is 4.47 Å². The molecule has 84 valence electrons. The third-order valence-electron chi connectivity index (χ3n) is 2.93. The van der Waals surface area contributed by atoms with Gasteiger partial charge in [0.2, 0.25) is 0 Å². The van der Waals surface area contributed by atoms with E-state index in [1.54, 1.807) is 0 Å². The molecule has 0 saturated heterocycles. The van der Waals surface area contributed by atoms with Gasteiger partial charge in [0.1, 0.15) is 0 Å². The van der Waals surface area contributed by atoms with Crippen molar-refractivity contribution in [2.24, 2.45) is 0 Å². The lowest BCUT2D eigenvalue weighted by Gasteiger charge is -2.16. The zero-order valence-corrected chi connectivity index (χ0v) is 11.6. The fraction of sp³-hybridized carbons (Fsp3) is 0.571. The van der Waals surface area contributed by atoms with Crippen LogP contribution in [0.1, 0.15) is 56.6 Å². The van der Waals surface area contributed by atoms with Crippen molar-refractivity contribution in [2.75, 3.05) is 0 Å². The van der Waals surface area contributed by atoms with E-state index in [0.717, 1.165) is 5.92 Å². The van der Waals surface area contributed by atoms with Crippen molar-refractivity contribution >= 4 is 15.9 Å². The molecule has 1 rings (SSSR count). The Morgan fingerprint density at radius 3 is 2.20 bits per heavy atom. The summed E-state index contributed by atoms with van der Waals surface area (Å²) in [4.78, 5) is 0. The number of aryl methyl sites for hydroxylation is 1. The van der Waals surface area contributed by atoms with E-state index in [4.69, 9.17) is 0 Å². The van der Waals surface area contributed by atoms with E-state index in [0.29, 0.717) is 0 Å². The monoisotopic (exact) mass is 268 g/mol. The van der Waals surface area contributed by atoms with Crippen LogP contribution >= 0.6 is 15.9 Å². The largest absolute Gasteiger partial charge is 0.0654 e. The first-order valence-electron chi connectivity index (χ1n) is 5.95. The second kappa shape index (κ2) is 6.32. The third kappa shape index (κ3) is 3.64. The van der Waals surface area contributed by atoms with Crippen molar-refractivity contribution in [2.45, 2.75) is 52.4 Å². The third-order valence-corrected chi connectivity index (χ3v) is 3.82. The van der Waals surface area contributed by atoms with E-state index < -0.39 is 0 Å². The number of rotatable bonds is 5. The first-order chi connectivity index (χ1) is 7.19. The zero-order valence-electron chi connectivity index (χ0n) is 10.0. The van der Waals surface area contributed by atoms with Crippen LogP contribution < -0.4 is 0 Å². The molecule has 1 aromatic carbocycles. The predicted molar refractivity (Wildman–Crippen MR) is 71.4 cm³/mol. The van der Waals surface area contributed by atoms with E-state index in [1.807, 2.05) is 0 Å². The van der Waals surface area contributed by atoms with Crippen molar-refractivity contribution in [1.29, 1.82) is 0 Å². The van der Waals surface area contributed by atoms with E-state index in [-0.39, 0.29) is 0 Å². The lowest BCUT2D eigenvalue weighted by molar-refractivity contribution is 0.560. The first-order valence-corrected chi connectivity index (χ1v) is 6.74. The fourth-order valence-electron chi connectivity index (χ4n) is 2.10. The van der Waals surface area contributed by atoms with Crippen LogP contribution in [-0.4, -0.2) is 0 Å².